The number of nitrogens with two attached hydrogens (primary N) is 1. The van der Waals surface area contributed by atoms with Crippen LogP contribution in [0.3, 0.4) is 0 Å². The Morgan fingerprint density at radius 2 is 1.95 bits per heavy atom. The van der Waals surface area contributed by atoms with Gasteiger partial charge in [-0.1, -0.05) is 37.3 Å². The summed E-state index contributed by atoms with van der Waals surface area (Å²) in [5.41, 5.74) is 9.07. The fourth-order valence-electron chi connectivity index (χ4n) is 2.15. The van der Waals surface area contributed by atoms with E-state index >= 15 is 0 Å². The molecular weight excluding hydrogens is 238 g/mol. The Morgan fingerprint density at radius 1 is 1.21 bits per heavy atom. The summed E-state index contributed by atoms with van der Waals surface area (Å²) in [7, 11) is 0. The van der Waals surface area contributed by atoms with E-state index in [1.54, 1.807) is 6.20 Å². The topological polar surface area (TPSA) is 88.0 Å². The van der Waals surface area contributed by atoms with E-state index in [4.69, 9.17) is 11.1 Å². The second kappa shape index (κ2) is 4.28. The molecule has 3 rings (SSSR count). The van der Waals surface area contributed by atoms with Crippen molar-refractivity contribution in [2.24, 2.45) is 4.99 Å². The van der Waals surface area contributed by atoms with E-state index in [1.165, 1.54) is 0 Å². The van der Waals surface area contributed by atoms with Crippen molar-refractivity contribution < 1.29 is 0 Å². The Labute approximate surface area is 110 Å². The van der Waals surface area contributed by atoms with Crippen molar-refractivity contribution in [3.63, 3.8) is 0 Å². The summed E-state index contributed by atoms with van der Waals surface area (Å²) < 4.78 is 0. The highest BCUT2D eigenvalue weighted by Gasteiger charge is 2.27. The summed E-state index contributed by atoms with van der Waals surface area (Å²) in [4.78, 5) is 12.7. The monoisotopic (exact) mass is 251 g/mol. The number of nitrogens with zero attached hydrogens (tertiary/aromatic N) is 3. The van der Waals surface area contributed by atoms with Crippen molar-refractivity contribution in [3.05, 3.63) is 47.8 Å². The normalized spacial score (nSPS) is 17.8. The Balaban J connectivity index is 2.17. The lowest BCUT2D eigenvalue weighted by Crippen LogP contribution is -2.25. The molecule has 5 nitrogen and oxygen atoms in total. The molecule has 3 N–H and O–H groups in total. The SMILES string of the molecule is CC1C(=N)C(c2ccccc2)=Nc2cnc(N)nc21. The summed E-state index contributed by atoms with van der Waals surface area (Å²) in [5, 5.41) is 8.26. The summed E-state index contributed by atoms with van der Waals surface area (Å²) in [5.74, 6) is 0.0877. The van der Waals surface area contributed by atoms with Crippen molar-refractivity contribution >= 4 is 23.1 Å². The molecule has 1 unspecified atom stereocenters. The van der Waals surface area contributed by atoms with Crippen molar-refractivity contribution in [1.29, 1.82) is 5.41 Å². The lowest BCUT2D eigenvalue weighted by molar-refractivity contribution is 0.926. The van der Waals surface area contributed by atoms with Crippen LogP contribution in [0.4, 0.5) is 11.6 Å². The number of hydrogen-bond donors (Lipinski definition) is 2. The number of nitrogen functional groups attached to an aromatic ring is 1. The van der Waals surface area contributed by atoms with Crippen molar-refractivity contribution in [3.8, 4) is 0 Å². The van der Waals surface area contributed by atoms with Crippen LogP contribution in [0.15, 0.2) is 41.5 Å². The zero-order chi connectivity index (χ0) is 13.4. The van der Waals surface area contributed by atoms with Gasteiger partial charge in [-0.2, -0.15) is 0 Å². The predicted octanol–water partition coefficient (Wildman–Crippen LogP) is 2.32. The van der Waals surface area contributed by atoms with E-state index in [0.29, 0.717) is 17.1 Å². The largest absolute Gasteiger partial charge is 0.368 e. The van der Waals surface area contributed by atoms with Crippen LogP contribution in [0.2, 0.25) is 0 Å². The summed E-state index contributed by atoms with van der Waals surface area (Å²) in [6, 6.07) is 9.71. The number of rotatable bonds is 1. The van der Waals surface area contributed by atoms with Gasteiger partial charge in [-0.3, -0.25) is 0 Å². The highest BCUT2D eigenvalue weighted by molar-refractivity contribution is 6.50. The molecule has 2 aromatic rings. The first kappa shape index (κ1) is 11.5. The minimum absolute atomic E-state index is 0.131. The van der Waals surface area contributed by atoms with E-state index in [-0.39, 0.29) is 11.9 Å². The van der Waals surface area contributed by atoms with Gasteiger partial charge in [0.25, 0.3) is 0 Å². The predicted molar refractivity (Wildman–Crippen MR) is 75.2 cm³/mol. The average Bonchev–Trinajstić information content (AvgIpc) is 2.44. The average molecular weight is 251 g/mol. The first-order valence-corrected chi connectivity index (χ1v) is 6.02. The van der Waals surface area contributed by atoms with Gasteiger partial charge in [0.05, 0.1) is 23.3 Å². The Hall–Kier alpha value is -2.56. The lowest BCUT2D eigenvalue weighted by atomic mass is 9.90. The maximum atomic E-state index is 8.26. The number of nitrogens with one attached hydrogen (secondary N) is 1. The maximum Gasteiger partial charge on any atom is 0.220 e. The molecule has 0 bridgehead atoms. The third-order valence-electron chi connectivity index (χ3n) is 3.19. The Bertz CT molecular complexity index is 675. The molecular formula is C14H13N5. The quantitative estimate of drug-likeness (QED) is 0.815. The van der Waals surface area contributed by atoms with Crippen LogP contribution in [-0.2, 0) is 0 Å². The van der Waals surface area contributed by atoms with Crippen LogP contribution >= 0.6 is 0 Å². The number of benzene rings is 1. The molecule has 5 heteroatoms. The molecule has 0 spiro atoms. The highest BCUT2D eigenvalue weighted by Crippen LogP contribution is 2.32. The number of aliphatic imine (C=N–C) groups is 1. The van der Waals surface area contributed by atoms with Gasteiger partial charge in [-0.05, 0) is 0 Å². The second-order valence-corrected chi connectivity index (χ2v) is 4.46. The van der Waals surface area contributed by atoms with E-state index in [1.807, 2.05) is 37.3 Å². The maximum absolute atomic E-state index is 8.26. The number of fused-ring (bicyclic) bond motifs is 1. The fourth-order valence-corrected chi connectivity index (χ4v) is 2.15. The van der Waals surface area contributed by atoms with E-state index in [2.05, 4.69) is 15.0 Å². The fraction of sp³-hybridized carbons (Fsp3) is 0.143. The van der Waals surface area contributed by atoms with Crippen LogP contribution in [0.25, 0.3) is 0 Å². The molecule has 1 aliphatic heterocycles. The van der Waals surface area contributed by atoms with Gasteiger partial charge < -0.3 is 11.1 Å². The molecule has 0 saturated heterocycles. The highest BCUT2D eigenvalue weighted by atomic mass is 15.0. The van der Waals surface area contributed by atoms with Gasteiger partial charge in [-0.25, -0.2) is 15.0 Å². The molecule has 1 aliphatic rings. The smallest absolute Gasteiger partial charge is 0.220 e. The van der Waals surface area contributed by atoms with Gasteiger partial charge in [0.1, 0.15) is 5.69 Å². The molecule has 0 fully saturated rings. The minimum atomic E-state index is -0.131. The molecule has 0 aliphatic carbocycles. The number of hydrogen-bond acceptors (Lipinski definition) is 5. The summed E-state index contributed by atoms with van der Waals surface area (Å²) >= 11 is 0. The van der Waals surface area contributed by atoms with Crippen molar-refractivity contribution in [2.75, 3.05) is 5.73 Å². The van der Waals surface area contributed by atoms with Gasteiger partial charge in [0, 0.05) is 11.5 Å². The lowest BCUT2D eigenvalue weighted by Gasteiger charge is -2.21. The molecule has 0 saturated carbocycles. The molecule has 1 aromatic heterocycles. The second-order valence-electron chi connectivity index (χ2n) is 4.46. The van der Waals surface area contributed by atoms with E-state index in [9.17, 15) is 0 Å². The molecule has 19 heavy (non-hydrogen) atoms. The van der Waals surface area contributed by atoms with Crippen LogP contribution in [0, 0.1) is 5.41 Å². The molecule has 1 aromatic carbocycles. The van der Waals surface area contributed by atoms with E-state index in [0.717, 1.165) is 11.3 Å². The van der Waals surface area contributed by atoms with Crippen LogP contribution in [-0.4, -0.2) is 21.4 Å². The summed E-state index contributed by atoms with van der Waals surface area (Å²) in [6.45, 7) is 1.94. The van der Waals surface area contributed by atoms with E-state index < -0.39 is 0 Å². The molecule has 0 radical (unpaired) electrons. The number of aromatic nitrogens is 2. The van der Waals surface area contributed by atoms with Crippen LogP contribution in [0.1, 0.15) is 24.1 Å². The van der Waals surface area contributed by atoms with Crippen LogP contribution in [0.5, 0.6) is 0 Å². The summed E-state index contributed by atoms with van der Waals surface area (Å²) in [6.07, 6.45) is 1.61. The van der Waals surface area contributed by atoms with Crippen molar-refractivity contribution in [1.82, 2.24) is 9.97 Å². The zero-order valence-corrected chi connectivity index (χ0v) is 10.5. The van der Waals surface area contributed by atoms with Gasteiger partial charge in [-0.15, -0.1) is 0 Å². The standard InChI is InChI=1S/C14H13N5/c1-8-11(15)13(9-5-3-2-4-6-9)18-10-7-17-14(16)19-12(8)10/h2-8,15H,1H3,(H2,16,17,19). The molecule has 2 heterocycles. The van der Waals surface area contributed by atoms with Gasteiger partial charge >= 0.3 is 0 Å². The number of anilines is 1. The Morgan fingerprint density at radius 3 is 2.68 bits per heavy atom. The first-order valence-electron chi connectivity index (χ1n) is 6.02. The zero-order valence-electron chi connectivity index (χ0n) is 10.5. The molecule has 1 atom stereocenters. The van der Waals surface area contributed by atoms with Crippen molar-refractivity contribution in [2.45, 2.75) is 12.8 Å². The molecule has 0 amide bonds. The third kappa shape index (κ3) is 1.89. The Kier molecular flexibility index (Phi) is 2.59. The van der Waals surface area contributed by atoms with Crippen LogP contribution < -0.4 is 5.73 Å². The third-order valence-corrected chi connectivity index (χ3v) is 3.19. The molecule has 94 valence electrons. The van der Waals surface area contributed by atoms with Gasteiger partial charge in [0.2, 0.25) is 5.95 Å². The van der Waals surface area contributed by atoms with Gasteiger partial charge in [0.15, 0.2) is 0 Å². The minimum Gasteiger partial charge on any atom is -0.368 e. The first-order chi connectivity index (χ1) is 9.16.